The number of carbonyl (C=O) groups excluding carboxylic acids is 1. The number of halogens is 1. The first-order valence-electron chi connectivity index (χ1n) is 8.99. The highest BCUT2D eigenvalue weighted by Crippen LogP contribution is 2.21. The molecular weight excluding hydrogens is 457 g/mol. The second kappa shape index (κ2) is 12.6. The molecular formula is C19H30IN5O2. The minimum Gasteiger partial charge on any atom is -0.383 e. The molecule has 0 spiro atoms. The van der Waals surface area contributed by atoms with E-state index >= 15 is 0 Å². The lowest BCUT2D eigenvalue weighted by molar-refractivity contribution is -0.119. The Hall–Kier alpha value is -1.81. The number of aryl methyl sites for hydroxylation is 1. The number of fused-ring (bicyclic) bond motifs is 1. The number of aliphatic imine (C=N–C) groups is 1. The Morgan fingerprint density at radius 2 is 1.96 bits per heavy atom. The van der Waals surface area contributed by atoms with E-state index in [1.165, 1.54) is 16.6 Å². The molecule has 0 saturated heterocycles. The van der Waals surface area contributed by atoms with Gasteiger partial charge in [0.05, 0.1) is 6.61 Å². The van der Waals surface area contributed by atoms with Crippen molar-refractivity contribution in [1.29, 1.82) is 0 Å². The van der Waals surface area contributed by atoms with Crippen molar-refractivity contribution in [2.24, 2.45) is 4.99 Å². The number of benzene rings is 1. The fourth-order valence-corrected chi connectivity index (χ4v) is 2.80. The lowest BCUT2D eigenvalue weighted by Gasteiger charge is -2.11. The summed E-state index contributed by atoms with van der Waals surface area (Å²) in [6.07, 6.45) is 0.875. The summed E-state index contributed by atoms with van der Waals surface area (Å²) in [5.41, 5.74) is 3.65. The molecule has 2 rings (SSSR count). The van der Waals surface area contributed by atoms with Gasteiger partial charge in [0.15, 0.2) is 5.96 Å². The molecule has 0 bridgehead atoms. The van der Waals surface area contributed by atoms with Crippen molar-refractivity contribution in [3.8, 4) is 0 Å². The molecule has 0 saturated carbocycles. The first-order chi connectivity index (χ1) is 12.7. The number of hydrogen-bond donors (Lipinski definition) is 4. The standard InChI is InChI=1S/C19H29N5O2.HI/c1-4-20-19(23-13-18(25)21-11-12-26-3)22-10-9-15-14(2)24-17-8-6-5-7-16(15)17;/h5-8,24H,4,9-13H2,1-3H3,(H,21,25)(H2,20,22,23);1H. The van der Waals surface area contributed by atoms with Gasteiger partial charge < -0.3 is 25.7 Å². The van der Waals surface area contributed by atoms with E-state index < -0.39 is 0 Å². The van der Waals surface area contributed by atoms with Crippen LogP contribution < -0.4 is 16.0 Å². The average Bonchev–Trinajstić information content (AvgIpc) is 2.95. The fourth-order valence-electron chi connectivity index (χ4n) is 2.80. The van der Waals surface area contributed by atoms with Crippen LogP contribution in [-0.4, -0.2) is 56.7 Å². The van der Waals surface area contributed by atoms with E-state index in [2.05, 4.69) is 51.0 Å². The lowest BCUT2D eigenvalue weighted by atomic mass is 10.1. The summed E-state index contributed by atoms with van der Waals surface area (Å²) in [6.45, 7) is 6.65. The highest BCUT2D eigenvalue weighted by Gasteiger charge is 2.08. The highest BCUT2D eigenvalue weighted by atomic mass is 127. The van der Waals surface area contributed by atoms with Gasteiger partial charge in [-0.3, -0.25) is 4.79 Å². The molecule has 1 aromatic heterocycles. The maximum absolute atomic E-state index is 11.7. The van der Waals surface area contributed by atoms with Gasteiger partial charge in [0.2, 0.25) is 5.91 Å². The van der Waals surface area contributed by atoms with Gasteiger partial charge in [0.1, 0.15) is 6.54 Å². The van der Waals surface area contributed by atoms with Crippen molar-refractivity contribution in [3.63, 3.8) is 0 Å². The predicted octanol–water partition coefficient (Wildman–Crippen LogP) is 1.95. The molecule has 7 nitrogen and oxygen atoms in total. The van der Waals surface area contributed by atoms with Gasteiger partial charge in [0.25, 0.3) is 0 Å². The van der Waals surface area contributed by atoms with Crippen LogP contribution in [0.4, 0.5) is 0 Å². The van der Waals surface area contributed by atoms with Crippen LogP contribution >= 0.6 is 24.0 Å². The number of para-hydroxylation sites is 1. The number of methoxy groups -OCH3 is 1. The number of ether oxygens (including phenoxy) is 1. The zero-order valence-corrected chi connectivity index (χ0v) is 18.6. The van der Waals surface area contributed by atoms with E-state index in [0.29, 0.717) is 19.1 Å². The first kappa shape index (κ1) is 23.2. The summed E-state index contributed by atoms with van der Waals surface area (Å²) in [7, 11) is 1.60. The molecule has 1 heterocycles. The van der Waals surface area contributed by atoms with Gasteiger partial charge in [-0.1, -0.05) is 18.2 Å². The third-order valence-corrected chi connectivity index (χ3v) is 4.05. The van der Waals surface area contributed by atoms with Crippen LogP contribution in [0.5, 0.6) is 0 Å². The molecule has 8 heteroatoms. The van der Waals surface area contributed by atoms with Crippen LogP contribution in [-0.2, 0) is 16.0 Å². The SMILES string of the molecule is CCNC(=NCC(=O)NCCOC)NCCc1c(C)[nH]c2ccccc12.I. The van der Waals surface area contributed by atoms with Crippen molar-refractivity contribution >= 4 is 46.7 Å². The summed E-state index contributed by atoms with van der Waals surface area (Å²) in [6, 6.07) is 8.32. The molecule has 0 fully saturated rings. The second-order valence-corrected chi connectivity index (χ2v) is 5.99. The number of nitrogens with zero attached hydrogens (tertiary/aromatic N) is 1. The minimum atomic E-state index is -0.119. The topological polar surface area (TPSA) is 90.5 Å². The van der Waals surface area contributed by atoms with Crippen LogP contribution in [0.15, 0.2) is 29.3 Å². The number of carbonyl (C=O) groups is 1. The highest BCUT2D eigenvalue weighted by molar-refractivity contribution is 14.0. The third kappa shape index (κ3) is 7.37. The van der Waals surface area contributed by atoms with E-state index in [4.69, 9.17) is 4.74 Å². The molecule has 0 radical (unpaired) electrons. The van der Waals surface area contributed by atoms with Crippen molar-refractivity contribution in [3.05, 3.63) is 35.5 Å². The van der Waals surface area contributed by atoms with Gasteiger partial charge in [-0.05, 0) is 31.9 Å². The van der Waals surface area contributed by atoms with Crippen molar-refractivity contribution in [2.75, 3.05) is 39.9 Å². The van der Waals surface area contributed by atoms with Crippen LogP contribution in [0.2, 0.25) is 0 Å². The maximum Gasteiger partial charge on any atom is 0.241 e. The van der Waals surface area contributed by atoms with Gasteiger partial charge in [-0.25, -0.2) is 4.99 Å². The molecule has 4 N–H and O–H groups in total. The number of aromatic nitrogens is 1. The molecule has 1 amide bonds. The number of H-pyrrole nitrogens is 1. The molecule has 150 valence electrons. The van der Waals surface area contributed by atoms with Gasteiger partial charge in [0, 0.05) is 43.3 Å². The molecule has 0 atom stereocenters. The average molecular weight is 487 g/mol. The summed E-state index contributed by atoms with van der Waals surface area (Å²) < 4.78 is 4.91. The van der Waals surface area contributed by atoms with Crippen molar-refractivity contribution in [2.45, 2.75) is 20.3 Å². The van der Waals surface area contributed by atoms with Gasteiger partial charge >= 0.3 is 0 Å². The van der Waals surface area contributed by atoms with Gasteiger partial charge in [-0.15, -0.1) is 24.0 Å². The van der Waals surface area contributed by atoms with Crippen molar-refractivity contribution in [1.82, 2.24) is 20.9 Å². The number of aromatic amines is 1. The molecule has 2 aromatic rings. The minimum absolute atomic E-state index is 0. The van der Waals surface area contributed by atoms with Crippen LogP contribution in [0.1, 0.15) is 18.2 Å². The molecule has 1 aromatic carbocycles. The van der Waals surface area contributed by atoms with E-state index in [1.54, 1.807) is 7.11 Å². The molecule has 27 heavy (non-hydrogen) atoms. The Morgan fingerprint density at radius 3 is 2.70 bits per heavy atom. The zero-order valence-electron chi connectivity index (χ0n) is 16.2. The summed E-state index contributed by atoms with van der Waals surface area (Å²) in [5, 5.41) is 10.5. The van der Waals surface area contributed by atoms with E-state index in [-0.39, 0.29) is 36.4 Å². The Morgan fingerprint density at radius 1 is 1.19 bits per heavy atom. The second-order valence-electron chi connectivity index (χ2n) is 5.99. The Labute approximate surface area is 177 Å². The zero-order chi connectivity index (χ0) is 18.8. The summed E-state index contributed by atoms with van der Waals surface area (Å²) >= 11 is 0. The van der Waals surface area contributed by atoms with Crippen molar-refractivity contribution < 1.29 is 9.53 Å². The molecule has 0 aliphatic rings. The summed E-state index contributed by atoms with van der Waals surface area (Å²) in [4.78, 5) is 19.5. The quantitative estimate of drug-likeness (QED) is 0.189. The summed E-state index contributed by atoms with van der Waals surface area (Å²) in [5.74, 6) is 0.526. The number of nitrogens with one attached hydrogen (secondary N) is 4. The van der Waals surface area contributed by atoms with E-state index in [0.717, 1.165) is 25.0 Å². The smallest absolute Gasteiger partial charge is 0.241 e. The fraction of sp³-hybridized carbons (Fsp3) is 0.474. The van der Waals surface area contributed by atoms with E-state index in [1.807, 2.05) is 13.0 Å². The maximum atomic E-state index is 11.7. The normalized spacial score (nSPS) is 11.1. The third-order valence-electron chi connectivity index (χ3n) is 4.05. The lowest BCUT2D eigenvalue weighted by Crippen LogP contribution is -2.39. The Bertz CT molecular complexity index is 745. The monoisotopic (exact) mass is 487 g/mol. The number of amides is 1. The largest absolute Gasteiger partial charge is 0.383 e. The first-order valence-corrected chi connectivity index (χ1v) is 8.99. The van der Waals surface area contributed by atoms with Crippen LogP contribution in [0, 0.1) is 6.92 Å². The number of rotatable bonds is 9. The van der Waals surface area contributed by atoms with Crippen LogP contribution in [0.25, 0.3) is 10.9 Å². The van der Waals surface area contributed by atoms with Gasteiger partial charge in [-0.2, -0.15) is 0 Å². The number of guanidine groups is 1. The van der Waals surface area contributed by atoms with E-state index in [9.17, 15) is 4.79 Å². The number of hydrogen-bond acceptors (Lipinski definition) is 3. The Balaban J connectivity index is 0.00000364. The molecule has 0 unspecified atom stereocenters. The predicted molar refractivity (Wildman–Crippen MR) is 121 cm³/mol. The molecule has 0 aliphatic carbocycles. The Kier molecular flexibility index (Phi) is 10.8. The molecule has 0 aliphatic heterocycles. The van der Waals surface area contributed by atoms with Crippen LogP contribution in [0.3, 0.4) is 0 Å².